The summed E-state index contributed by atoms with van der Waals surface area (Å²) in [5, 5.41) is 8.57. The van der Waals surface area contributed by atoms with Gasteiger partial charge in [0.05, 0.1) is 5.92 Å². The summed E-state index contributed by atoms with van der Waals surface area (Å²) < 4.78 is 12.3. The normalized spacial score (nSPS) is 16.0. The lowest BCUT2D eigenvalue weighted by Gasteiger charge is -2.04. The number of nitrogens with zero attached hydrogens (tertiary/aromatic N) is 1. The van der Waals surface area contributed by atoms with Crippen LogP contribution in [0.1, 0.15) is 29.7 Å². The highest BCUT2D eigenvalue weighted by Crippen LogP contribution is 2.32. The van der Waals surface area contributed by atoms with Gasteiger partial charge in [0, 0.05) is 11.9 Å². The van der Waals surface area contributed by atoms with E-state index in [4.69, 9.17) is 5.21 Å². The number of halogens is 1. The van der Waals surface area contributed by atoms with Crippen molar-refractivity contribution in [1.29, 1.82) is 0 Å². The standard InChI is InChI=1S/C12H14N2O2.C7H7F/c1-8-11(3-2-6-13-8)9-4-5-10(7-9)12(15)14-16;1-6-4-2-3-5-7(6)8/h2-3,6-7,10,16H,4-5H2,1H3,(H,14,15);2-5H,1H3. The molecule has 3 rings (SSSR count). The van der Waals surface area contributed by atoms with Crippen LogP contribution in [0.4, 0.5) is 4.39 Å². The van der Waals surface area contributed by atoms with Crippen LogP contribution in [0.5, 0.6) is 0 Å². The molecule has 2 N–H and O–H groups in total. The molecule has 4 nitrogen and oxygen atoms in total. The molecule has 1 aliphatic carbocycles. The first-order valence-corrected chi connectivity index (χ1v) is 7.80. The van der Waals surface area contributed by atoms with Crippen molar-refractivity contribution in [3.8, 4) is 0 Å². The Morgan fingerprint density at radius 2 is 2.00 bits per heavy atom. The molecule has 0 aliphatic heterocycles. The molecule has 0 fully saturated rings. The van der Waals surface area contributed by atoms with Gasteiger partial charge in [0.1, 0.15) is 5.82 Å². The van der Waals surface area contributed by atoms with Crippen molar-refractivity contribution in [2.24, 2.45) is 5.92 Å². The van der Waals surface area contributed by atoms with Crippen LogP contribution in [0, 0.1) is 25.6 Å². The summed E-state index contributed by atoms with van der Waals surface area (Å²) in [5.74, 6) is -0.691. The van der Waals surface area contributed by atoms with Crippen LogP contribution in [0.25, 0.3) is 5.57 Å². The average molecular weight is 328 g/mol. The molecular formula is C19H21FN2O2. The van der Waals surface area contributed by atoms with E-state index >= 15 is 0 Å². The van der Waals surface area contributed by atoms with Gasteiger partial charge >= 0.3 is 0 Å². The van der Waals surface area contributed by atoms with Crippen LogP contribution in [0.2, 0.25) is 0 Å². The van der Waals surface area contributed by atoms with E-state index in [1.165, 1.54) is 6.07 Å². The molecule has 0 saturated heterocycles. The fourth-order valence-electron chi connectivity index (χ4n) is 2.61. The lowest BCUT2D eigenvalue weighted by molar-refractivity contribution is -0.131. The summed E-state index contributed by atoms with van der Waals surface area (Å²) in [7, 11) is 0. The fraction of sp³-hybridized carbons (Fsp3) is 0.263. The molecule has 1 heterocycles. The van der Waals surface area contributed by atoms with Crippen molar-refractivity contribution in [2.75, 3.05) is 0 Å². The molecule has 1 aromatic heterocycles. The summed E-state index contributed by atoms with van der Waals surface area (Å²) in [5.41, 5.74) is 5.60. The number of hydrogen-bond acceptors (Lipinski definition) is 3. The number of hydrogen-bond donors (Lipinski definition) is 2. The molecule has 1 unspecified atom stereocenters. The van der Waals surface area contributed by atoms with Crippen molar-refractivity contribution in [2.45, 2.75) is 26.7 Å². The van der Waals surface area contributed by atoms with Crippen LogP contribution < -0.4 is 5.48 Å². The third kappa shape index (κ3) is 4.49. The first-order chi connectivity index (χ1) is 11.5. The number of rotatable bonds is 2. The van der Waals surface area contributed by atoms with Crippen molar-refractivity contribution in [1.82, 2.24) is 10.5 Å². The predicted molar refractivity (Wildman–Crippen MR) is 90.7 cm³/mol. The van der Waals surface area contributed by atoms with E-state index in [9.17, 15) is 9.18 Å². The molecule has 0 radical (unpaired) electrons. The van der Waals surface area contributed by atoms with Gasteiger partial charge in [-0.1, -0.05) is 30.3 Å². The second-order valence-corrected chi connectivity index (χ2v) is 5.70. The Morgan fingerprint density at radius 1 is 1.25 bits per heavy atom. The van der Waals surface area contributed by atoms with E-state index in [0.29, 0.717) is 5.56 Å². The first kappa shape index (κ1) is 17.8. The molecule has 1 aliphatic rings. The first-order valence-electron chi connectivity index (χ1n) is 7.80. The van der Waals surface area contributed by atoms with E-state index in [2.05, 4.69) is 4.98 Å². The summed E-state index contributed by atoms with van der Waals surface area (Å²) in [6.45, 7) is 3.70. The number of aryl methyl sites for hydroxylation is 2. The molecular weight excluding hydrogens is 307 g/mol. The highest BCUT2D eigenvalue weighted by Gasteiger charge is 2.23. The van der Waals surface area contributed by atoms with Gasteiger partial charge in [-0.3, -0.25) is 15.0 Å². The molecule has 0 spiro atoms. The Hall–Kier alpha value is -2.53. The van der Waals surface area contributed by atoms with Gasteiger partial charge in [0.2, 0.25) is 5.91 Å². The number of benzene rings is 1. The molecule has 1 amide bonds. The smallest absolute Gasteiger partial charge is 0.250 e. The van der Waals surface area contributed by atoms with Crippen molar-refractivity contribution < 1.29 is 14.4 Å². The number of carbonyl (C=O) groups excluding carboxylic acids is 1. The van der Waals surface area contributed by atoms with Crippen LogP contribution in [-0.4, -0.2) is 16.1 Å². The molecule has 126 valence electrons. The van der Waals surface area contributed by atoms with Crippen molar-refractivity contribution in [3.05, 3.63) is 71.3 Å². The SMILES string of the molecule is Cc1ccccc1F.Cc1ncccc1C1=CC(C(=O)NO)CC1. The van der Waals surface area contributed by atoms with Gasteiger partial charge in [0.25, 0.3) is 0 Å². The zero-order valence-corrected chi connectivity index (χ0v) is 13.8. The molecule has 1 aromatic carbocycles. The van der Waals surface area contributed by atoms with Crippen LogP contribution in [0.15, 0.2) is 48.7 Å². The molecule has 0 saturated carbocycles. The fourth-order valence-corrected chi connectivity index (χ4v) is 2.61. The number of pyridine rings is 1. The second kappa shape index (κ2) is 8.36. The van der Waals surface area contributed by atoms with E-state index in [1.807, 2.05) is 31.2 Å². The lowest BCUT2D eigenvalue weighted by atomic mass is 10.0. The van der Waals surface area contributed by atoms with Crippen LogP contribution in [0.3, 0.4) is 0 Å². The number of allylic oxidation sites excluding steroid dienone is 1. The Kier molecular flexibility index (Phi) is 6.21. The lowest BCUT2D eigenvalue weighted by Crippen LogP contribution is -2.25. The van der Waals surface area contributed by atoms with E-state index in [0.717, 1.165) is 29.7 Å². The number of nitrogens with one attached hydrogen (secondary N) is 1. The molecule has 5 heteroatoms. The number of aromatic nitrogens is 1. The minimum absolute atomic E-state index is 0.132. The zero-order chi connectivity index (χ0) is 17.5. The largest absolute Gasteiger partial charge is 0.289 e. The number of carbonyl (C=O) groups is 1. The van der Waals surface area contributed by atoms with E-state index < -0.39 is 0 Å². The number of hydroxylamine groups is 1. The van der Waals surface area contributed by atoms with Gasteiger partial charge in [0.15, 0.2) is 0 Å². The maximum absolute atomic E-state index is 12.3. The van der Waals surface area contributed by atoms with E-state index in [1.54, 1.807) is 30.7 Å². The molecule has 1 atom stereocenters. The summed E-state index contributed by atoms with van der Waals surface area (Å²) in [6, 6.07) is 10.6. The van der Waals surface area contributed by atoms with Gasteiger partial charge in [-0.05, 0) is 55.5 Å². The summed E-state index contributed by atoms with van der Waals surface area (Å²) in [6.07, 6.45) is 5.27. The van der Waals surface area contributed by atoms with Gasteiger partial charge in [-0.25, -0.2) is 9.87 Å². The maximum atomic E-state index is 12.3. The minimum Gasteiger partial charge on any atom is -0.289 e. The van der Waals surface area contributed by atoms with Crippen LogP contribution >= 0.6 is 0 Å². The Morgan fingerprint density at radius 3 is 2.58 bits per heavy atom. The van der Waals surface area contributed by atoms with Crippen molar-refractivity contribution >= 4 is 11.5 Å². The third-order valence-corrected chi connectivity index (χ3v) is 4.00. The predicted octanol–water partition coefficient (Wildman–Crippen LogP) is 3.82. The monoisotopic (exact) mass is 328 g/mol. The highest BCUT2D eigenvalue weighted by molar-refractivity contribution is 5.84. The molecule has 0 bridgehead atoms. The van der Waals surface area contributed by atoms with Gasteiger partial charge in [-0.2, -0.15) is 0 Å². The second-order valence-electron chi connectivity index (χ2n) is 5.70. The van der Waals surface area contributed by atoms with Crippen molar-refractivity contribution in [3.63, 3.8) is 0 Å². The average Bonchev–Trinajstić information content (AvgIpc) is 3.08. The topological polar surface area (TPSA) is 62.2 Å². The van der Waals surface area contributed by atoms with E-state index in [-0.39, 0.29) is 17.6 Å². The summed E-state index contributed by atoms with van der Waals surface area (Å²) in [4.78, 5) is 15.5. The number of amides is 1. The maximum Gasteiger partial charge on any atom is 0.250 e. The minimum atomic E-state index is -0.337. The Bertz CT molecular complexity index is 723. The van der Waals surface area contributed by atoms with Crippen LogP contribution in [-0.2, 0) is 4.79 Å². The molecule has 2 aromatic rings. The third-order valence-electron chi connectivity index (χ3n) is 4.00. The van der Waals surface area contributed by atoms with Gasteiger partial charge < -0.3 is 0 Å². The Labute approximate surface area is 141 Å². The summed E-state index contributed by atoms with van der Waals surface area (Å²) >= 11 is 0. The zero-order valence-electron chi connectivity index (χ0n) is 13.8. The Balaban J connectivity index is 0.000000219. The van der Waals surface area contributed by atoms with Gasteiger partial charge in [-0.15, -0.1) is 0 Å². The quantitative estimate of drug-likeness (QED) is 0.651. The highest BCUT2D eigenvalue weighted by atomic mass is 19.1. The molecule has 24 heavy (non-hydrogen) atoms.